The first kappa shape index (κ1) is 23.1. The molecule has 0 aliphatic carbocycles. The molecule has 138 valence electrons. The highest BCUT2D eigenvalue weighted by atomic mass is 35.5. The number of amides is 1. The summed E-state index contributed by atoms with van der Waals surface area (Å²) in [5.74, 6) is -0.418. The topological polar surface area (TPSA) is 67.6 Å². The molecule has 24 heavy (non-hydrogen) atoms. The lowest BCUT2D eigenvalue weighted by molar-refractivity contribution is -0.130. The Morgan fingerprint density at radius 3 is 2.33 bits per heavy atom. The van der Waals surface area contributed by atoms with E-state index in [9.17, 15) is 9.18 Å². The predicted molar refractivity (Wildman–Crippen MR) is 97.3 cm³/mol. The van der Waals surface area contributed by atoms with E-state index in [1.165, 1.54) is 12.1 Å². The second-order valence-corrected chi connectivity index (χ2v) is 6.01. The van der Waals surface area contributed by atoms with Crippen LogP contribution in [0.25, 0.3) is 0 Å². The molecule has 1 aliphatic heterocycles. The Balaban J connectivity index is 0.00000264. The van der Waals surface area contributed by atoms with Crippen LogP contribution >= 0.6 is 24.8 Å². The monoisotopic (exact) mass is 381 g/mol. The molecule has 0 saturated carbocycles. The number of carbonyl (C=O) groups is 1. The molecule has 1 aromatic rings. The van der Waals surface area contributed by atoms with Crippen LogP contribution in [-0.2, 0) is 9.53 Å². The lowest BCUT2D eigenvalue weighted by Crippen LogP contribution is -2.57. The highest BCUT2D eigenvalue weighted by Gasteiger charge is 2.36. The van der Waals surface area contributed by atoms with Crippen LogP contribution in [0.5, 0.6) is 0 Å². The largest absolute Gasteiger partial charge is 0.381 e. The Morgan fingerprint density at radius 1 is 1.29 bits per heavy atom. The van der Waals surface area contributed by atoms with Gasteiger partial charge in [-0.3, -0.25) is 4.79 Å². The van der Waals surface area contributed by atoms with Crippen LogP contribution < -0.4 is 11.1 Å². The Kier molecular flexibility index (Phi) is 9.77. The lowest BCUT2D eigenvalue weighted by atomic mass is 9.90. The average Bonchev–Trinajstić information content (AvgIpc) is 2.49. The molecule has 0 spiro atoms. The zero-order valence-corrected chi connectivity index (χ0v) is 15.6. The standard InChI is InChI=1S/C16H24FN3O2.2ClH/c1-20(2)14(12-3-5-13(17)6-4-12)11-19-15(21)16(18)7-9-22-10-8-16;;/h3-6,14H,7-11,18H2,1-2H3,(H,19,21);2*1H. The Hall–Kier alpha value is -0.920. The molecule has 1 atom stereocenters. The fraction of sp³-hybridized carbons (Fsp3) is 0.562. The number of hydrogen-bond acceptors (Lipinski definition) is 4. The van der Waals surface area contributed by atoms with Gasteiger partial charge >= 0.3 is 0 Å². The molecule has 0 aromatic heterocycles. The predicted octanol–water partition coefficient (Wildman–Crippen LogP) is 1.90. The van der Waals surface area contributed by atoms with Gasteiger partial charge in [-0.2, -0.15) is 0 Å². The summed E-state index contributed by atoms with van der Waals surface area (Å²) in [7, 11) is 3.85. The summed E-state index contributed by atoms with van der Waals surface area (Å²) in [6.45, 7) is 1.45. The van der Waals surface area contributed by atoms with E-state index in [0.717, 1.165) is 5.56 Å². The van der Waals surface area contributed by atoms with Crippen LogP contribution in [0.4, 0.5) is 4.39 Å². The zero-order chi connectivity index (χ0) is 16.2. The minimum Gasteiger partial charge on any atom is -0.381 e. The summed E-state index contributed by atoms with van der Waals surface area (Å²) in [5, 5.41) is 2.93. The normalized spacial score (nSPS) is 17.4. The number of likely N-dealkylation sites (N-methyl/N-ethyl adjacent to an activating group) is 1. The first-order chi connectivity index (χ1) is 10.4. The zero-order valence-electron chi connectivity index (χ0n) is 14.0. The molecule has 0 bridgehead atoms. The Bertz CT molecular complexity index is 509. The summed E-state index contributed by atoms with van der Waals surface area (Å²) in [5.41, 5.74) is 6.27. The van der Waals surface area contributed by atoms with Crippen molar-refractivity contribution in [1.82, 2.24) is 10.2 Å². The minimum atomic E-state index is -0.849. The van der Waals surface area contributed by atoms with Crippen molar-refractivity contribution in [3.05, 3.63) is 35.6 Å². The van der Waals surface area contributed by atoms with Gasteiger partial charge in [0.1, 0.15) is 5.82 Å². The molecular formula is C16H26Cl2FN3O2. The van der Waals surface area contributed by atoms with E-state index in [2.05, 4.69) is 5.32 Å². The van der Waals surface area contributed by atoms with Crippen LogP contribution in [0.2, 0.25) is 0 Å². The number of hydrogen-bond donors (Lipinski definition) is 2. The third-order valence-corrected chi connectivity index (χ3v) is 4.17. The van der Waals surface area contributed by atoms with Gasteiger partial charge in [0.15, 0.2) is 0 Å². The SMILES string of the molecule is CN(C)C(CNC(=O)C1(N)CCOCC1)c1ccc(F)cc1.Cl.Cl. The Labute approximate surface area is 154 Å². The second-order valence-electron chi connectivity index (χ2n) is 6.01. The molecule has 1 heterocycles. The van der Waals surface area contributed by atoms with Crippen LogP contribution in [0.1, 0.15) is 24.4 Å². The van der Waals surface area contributed by atoms with Gasteiger partial charge < -0.3 is 20.7 Å². The number of nitrogens with one attached hydrogen (secondary N) is 1. The molecule has 1 unspecified atom stereocenters. The van der Waals surface area contributed by atoms with E-state index in [0.29, 0.717) is 32.6 Å². The van der Waals surface area contributed by atoms with Gasteiger partial charge in [-0.25, -0.2) is 4.39 Å². The number of benzene rings is 1. The van der Waals surface area contributed by atoms with Crippen LogP contribution in [0.3, 0.4) is 0 Å². The maximum atomic E-state index is 13.0. The summed E-state index contributed by atoms with van der Waals surface area (Å²) in [6, 6.07) is 6.29. The molecule has 1 saturated heterocycles. The first-order valence-electron chi connectivity index (χ1n) is 7.49. The van der Waals surface area contributed by atoms with Crippen molar-refractivity contribution < 1.29 is 13.9 Å². The molecule has 0 radical (unpaired) electrons. The molecular weight excluding hydrogens is 356 g/mol. The van der Waals surface area contributed by atoms with Crippen LogP contribution in [0.15, 0.2) is 24.3 Å². The van der Waals surface area contributed by atoms with E-state index in [1.807, 2.05) is 19.0 Å². The van der Waals surface area contributed by atoms with E-state index in [4.69, 9.17) is 10.5 Å². The van der Waals surface area contributed by atoms with Crippen LogP contribution in [0, 0.1) is 5.82 Å². The van der Waals surface area contributed by atoms with Crippen molar-refractivity contribution >= 4 is 30.7 Å². The van der Waals surface area contributed by atoms with Crippen molar-refractivity contribution in [2.75, 3.05) is 33.9 Å². The number of ether oxygens (including phenoxy) is 1. The summed E-state index contributed by atoms with van der Waals surface area (Å²) in [6.07, 6.45) is 1.06. The number of carbonyl (C=O) groups excluding carboxylic acids is 1. The van der Waals surface area contributed by atoms with E-state index in [-0.39, 0.29) is 42.6 Å². The average molecular weight is 382 g/mol. The molecule has 1 amide bonds. The highest BCUT2D eigenvalue weighted by molar-refractivity contribution is 5.86. The third-order valence-electron chi connectivity index (χ3n) is 4.17. The summed E-state index contributed by atoms with van der Waals surface area (Å²) in [4.78, 5) is 14.3. The minimum absolute atomic E-state index is 0. The third kappa shape index (κ3) is 5.86. The molecule has 2 rings (SSSR count). The van der Waals surface area contributed by atoms with Gasteiger partial charge in [0.05, 0.1) is 11.6 Å². The van der Waals surface area contributed by atoms with Gasteiger partial charge in [0, 0.05) is 19.8 Å². The Morgan fingerprint density at radius 2 is 1.83 bits per heavy atom. The van der Waals surface area contributed by atoms with E-state index >= 15 is 0 Å². The second kappa shape index (κ2) is 10.2. The van der Waals surface area contributed by atoms with Crippen molar-refractivity contribution in [3.8, 4) is 0 Å². The molecule has 1 fully saturated rings. The molecule has 1 aliphatic rings. The fourth-order valence-electron chi connectivity index (χ4n) is 2.61. The number of nitrogens with two attached hydrogens (primary N) is 1. The van der Waals surface area contributed by atoms with E-state index < -0.39 is 5.54 Å². The molecule has 8 heteroatoms. The van der Waals surface area contributed by atoms with Gasteiger partial charge in [0.25, 0.3) is 0 Å². The fourth-order valence-corrected chi connectivity index (χ4v) is 2.61. The van der Waals surface area contributed by atoms with E-state index in [1.54, 1.807) is 12.1 Å². The van der Waals surface area contributed by atoms with Crippen molar-refractivity contribution in [3.63, 3.8) is 0 Å². The maximum absolute atomic E-state index is 13.0. The molecule has 3 N–H and O–H groups in total. The van der Waals surface area contributed by atoms with Crippen LogP contribution in [-0.4, -0.2) is 50.2 Å². The van der Waals surface area contributed by atoms with Gasteiger partial charge in [-0.15, -0.1) is 24.8 Å². The number of halogens is 3. The van der Waals surface area contributed by atoms with Crippen molar-refractivity contribution in [2.45, 2.75) is 24.4 Å². The highest BCUT2D eigenvalue weighted by Crippen LogP contribution is 2.20. The van der Waals surface area contributed by atoms with Gasteiger partial charge in [-0.05, 0) is 44.6 Å². The summed E-state index contributed by atoms with van der Waals surface area (Å²) >= 11 is 0. The lowest BCUT2D eigenvalue weighted by Gasteiger charge is -2.33. The summed E-state index contributed by atoms with van der Waals surface area (Å²) < 4.78 is 18.3. The first-order valence-corrected chi connectivity index (χ1v) is 7.49. The van der Waals surface area contributed by atoms with Crippen molar-refractivity contribution in [1.29, 1.82) is 0 Å². The maximum Gasteiger partial charge on any atom is 0.240 e. The smallest absolute Gasteiger partial charge is 0.240 e. The number of rotatable bonds is 5. The van der Waals surface area contributed by atoms with Crippen molar-refractivity contribution in [2.24, 2.45) is 5.73 Å². The number of nitrogens with zero attached hydrogens (tertiary/aromatic N) is 1. The quantitative estimate of drug-likeness (QED) is 0.816. The van der Waals surface area contributed by atoms with Gasteiger partial charge in [0.2, 0.25) is 5.91 Å². The van der Waals surface area contributed by atoms with Gasteiger partial charge in [-0.1, -0.05) is 12.1 Å². The molecule has 1 aromatic carbocycles. The molecule has 5 nitrogen and oxygen atoms in total.